The van der Waals surface area contributed by atoms with E-state index in [1.807, 2.05) is 16.0 Å². The van der Waals surface area contributed by atoms with Crippen molar-refractivity contribution >= 4 is 45.6 Å². The number of halogens is 2. The zero-order chi connectivity index (χ0) is 14.1. The molecule has 0 amide bonds. The molecule has 0 radical (unpaired) electrons. The Morgan fingerprint density at radius 3 is 2.75 bits per heavy atom. The van der Waals surface area contributed by atoms with E-state index in [0.717, 1.165) is 23.3 Å². The monoisotopic (exact) mass is 326 g/mol. The minimum atomic E-state index is 0.0587. The van der Waals surface area contributed by atoms with E-state index in [2.05, 4.69) is 11.1 Å². The number of fused-ring (bicyclic) bond motifs is 1. The Hall–Kier alpha value is -1.07. The molecule has 3 rings (SSSR count). The Morgan fingerprint density at radius 1 is 1.25 bits per heavy atom. The molecule has 0 aliphatic rings. The molecule has 1 N–H and O–H groups in total. The summed E-state index contributed by atoms with van der Waals surface area (Å²) >= 11 is 13.8. The van der Waals surface area contributed by atoms with Gasteiger partial charge in [-0.2, -0.15) is 0 Å². The predicted octanol–water partition coefficient (Wildman–Crippen LogP) is 3.99. The topological polar surface area (TPSA) is 38.0 Å². The van der Waals surface area contributed by atoms with E-state index in [1.54, 1.807) is 23.5 Å². The summed E-state index contributed by atoms with van der Waals surface area (Å²) in [5.74, 6) is 0.912. The molecule has 3 aromatic rings. The van der Waals surface area contributed by atoms with Gasteiger partial charge >= 0.3 is 0 Å². The van der Waals surface area contributed by atoms with Gasteiger partial charge in [0.05, 0.1) is 27.7 Å². The van der Waals surface area contributed by atoms with Crippen LogP contribution in [0.2, 0.25) is 10.0 Å². The van der Waals surface area contributed by atoms with Crippen molar-refractivity contribution in [2.45, 2.75) is 13.0 Å². The average Bonchev–Trinajstić information content (AvgIpc) is 3.02. The van der Waals surface area contributed by atoms with Crippen LogP contribution in [0.3, 0.4) is 0 Å². The Balaban J connectivity index is 2.12. The van der Waals surface area contributed by atoms with Crippen LogP contribution in [0.4, 0.5) is 0 Å². The molecule has 0 fully saturated rings. The Labute approximate surface area is 130 Å². The second kappa shape index (κ2) is 5.74. The zero-order valence-electron chi connectivity index (χ0n) is 10.5. The third-order valence-electron chi connectivity index (χ3n) is 3.11. The lowest BCUT2D eigenvalue weighted by Crippen LogP contribution is -2.07. The number of imidazole rings is 1. The molecule has 0 bridgehead atoms. The number of benzene rings is 1. The van der Waals surface area contributed by atoms with Crippen LogP contribution in [0.1, 0.15) is 10.7 Å². The van der Waals surface area contributed by atoms with Crippen molar-refractivity contribution in [1.29, 1.82) is 0 Å². The van der Waals surface area contributed by atoms with Gasteiger partial charge in [-0.3, -0.25) is 0 Å². The SMILES string of the molecule is OCCn1c(Cc2cccs2)nc2cc(Cl)c(Cl)cc21. The molecule has 0 aliphatic carbocycles. The second-order valence-corrected chi connectivity index (χ2v) is 6.26. The number of hydrogen-bond acceptors (Lipinski definition) is 3. The van der Waals surface area contributed by atoms with E-state index >= 15 is 0 Å². The van der Waals surface area contributed by atoms with Crippen LogP contribution < -0.4 is 0 Å². The van der Waals surface area contributed by atoms with Gasteiger partial charge in [0.1, 0.15) is 5.82 Å². The highest BCUT2D eigenvalue weighted by molar-refractivity contribution is 7.09. The number of aliphatic hydroxyl groups is 1. The molecule has 0 saturated heterocycles. The normalized spacial score (nSPS) is 11.3. The fourth-order valence-corrected chi connectivity index (χ4v) is 3.24. The van der Waals surface area contributed by atoms with E-state index in [1.165, 1.54) is 4.88 Å². The molecule has 104 valence electrons. The lowest BCUT2D eigenvalue weighted by atomic mass is 10.3. The number of aromatic nitrogens is 2. The van der Waals surface area contributed by atoms with Gasteiger partial charge in [0.2, 0.25) is 0 Å². The van der Waals surface area contributed by atoms with Gasteiger partial charge < -0.3 is 9.67 Å². The molecule has 20 heavy (non-hydrogen) atoms. The zero-order valence-corrected chi connectivity index (χ0v) is 12.8. The van der Waals surface area contributed by atoms with Gasteiger partial charge in [-0.1, -0.05) is 29.3 Å². The van der Waals surface area contributed by atoms with Crippen LogP contribution in [0.15, 0.2) is 29.6 Å². The van der Waals surface area contributed by atoms with Gasteiger partial charge in [-0.25, -0.2) is 4.98 Å². The maximum atomic E-state index is 9.27. The quantitative estimate of drug-likeness (QED) is 0.787. The van der Waals surface area contributed by atoms with Crippen LogP contribution in [0, 0.1) is 0 Å². The highest BCUT2D eigenvalue weighted by atomic mass is 35.5. The molecule has 0 unspecified atom stereocenters. The summed E-state index contributed by atoms with van der Waals surface area (Å²) in [7, 11) is 0. The number of thiophene rings is 1. The van der Waals surface area contributed by atoms with E-state index in [-0.39, 0.29) is 6.61 Å². The third kappa shape index (κ3) is 2.56. The van der Waals surface area contributed by atoms with Crippen molar-refractivity contribution in [3.8, 4) is 0 Å². The van der Waals surface area contributed by atoms with Gasteiger partial charge in [-0.05, 0) is 23.6 Å². The van der Waals surface area contributed by atoms with Crippen LogP contribution >= 0.6 is 34.5 Å². The predicted molar refractivity (Wildman–Crippen MR) is 84.0 cm³/mol. The van der Waals surface area contributed by atoms with Crippen molar-refractivity contribution in [2.24, 2.45) is 0 Å². The first-order valence-corrected chi connectivity index (χ1v) is 7.80. The minimum absolute atomic E-state index is 0.0587. The Kier molecular flexibility index (Phi) is 3.98. The number of hydrogen-bond donors (Lipinski definition) is 1. The lowest BCUT2D eigenvalue weighted by molar-refractivity contribution is 0.276. The molecular weight excluding hydrogens is 315 g/mol. The number of aliphatic hydroxyl groups excluding tert-OH is 1. The van der Waals surface area contributed by atoms with Gasteiger partial charge in [0.15, 0.2) is 0 Å². The van der Waals surface area contributed by atoms with Crippen LogP contribution in [0.5, 0.6) is 0 Å². The summed E-state index contributed by atoms with van der Waals surface area (Å²) in [6, 6.07) is 7.67. The molecular formula is C14H12Cl2N2OS. The molecule has 1 aromatic carbocycles. The summed E-state index contributed by atoms with van der Waals surface area (Å²) in [5.41, 5.74) is 1.71. The smallest absolute Gasteiger partial charge is 0.115 e. The molecule has 3 nitrogen and oxygen atoms in total. The molecule has 0 aliphatic heterocycles. The number of nitrogens with zero attached hydrogens (tertiary/aromatic N) is 2. The van der Waals surface area contributed by atoms with Crippen molar-refractivity contribution in [1.82, 2.24) is 9.55 Å². The van der Waals surface area contributed by atoms with E-state index in [4.69, 9.17) is 23.2 Å². The lowest BCUT2D eigenvalue weighted by Gasteiger charge is -2.06. The minimum Gasteiger partial charge on any atom is -0.395 e. The fourth-order valence-electron chi connectivity index (χ4n) is 2.22. The Morgan fingerprint density at radius 2 is 2.05 bits per heavy atom. The summed E-state index contributed by atoms with van der Waals surface area (Å²) in [5, 5.41) is 12.3. The summed E-state index contributed by atoms with van der Waals surface area (Å²) in [4.78, 5) is 5.86. The van der Waals surface area contributed by atoms with Crippen LogP contribution in [-0.4, -0.2) is 21.3 Å². The maximum Gasteiger partial charge on any atom is 0.115 e. The summed E-state index contributed by atoms with van der Waals surface area (Å²) < 4.78 is 2.00. The van der Waals surface area contributed by atoms with E-state index < -0.39 is 0 Å². The van der Waals surface area contributed by atoms with E-state index in [0.29, 0.717) is 16.6 Å². The first kappa shape index (κ1) is 13.9. The third-order valence-corrected chi connectivity index (χ3v) is 4.70. The highest BCUT2D eigenvalue weighted by Gasteiger charge is 2.13. The second-order valence-electron chi connectivity index (χ2n) is 4.41. The average molecular weight is 327 g/mol. The van der Waals surface area contributed by atoms with Crippen LogP contribution in [-0.2, 0) is 13.0 Å². The molecule has 0 spiro atoms. The largest absolute Gasteiger partial charge is 0.395 e. The fraction of sp³-hybridized carbons (Fsp3) is 0.214. The molecule has 6 heteroatoms. The number of rotatable bonds is 4. The van der Waals surface area contributed by atoms with Gasteiger partial charge in [0, 0.05) is 17.8 Å². The Bertz CT molecular complexity index is 737. The van der Waals surface area contributed by atoms with Crippen LogP contribution in [0.25, 0.3) is 11.0 Å². The van der Waals surface area contributed by atoms with Gasteiger partial charge in [0.25, 0.3) is 0 Å². The summed E-state index contributed by atoms with van der Waals surface area (Å²) in [6.07, 6.45) is 0.738. The molecule has 2 aromatic heterocycles. The van der Waals surface area contributed by atoms with Crippen molar-refractivity contribution < 1.29 is 5.11 Å². The first-order valence-electron chi connectivity index (χ1n) is 6.16. The summed E-state index contributed by atoms with van der Waals surface area (Å²) in [6.45, 7) is 0.554. The molecule has 2 heterocycles. The highest BCUT2D eigenvalue weighted by Crippen LogP contribution is 2.29. The standard InChI is InChI=1S/C14H12Cl2N2OS/c15-10-7-12-13(8-11(10)16)18(3-4-19)14(17-12)6-9-2-1-5-20-9/h1-2,5,7-8,19H,3-4,6H2. The van der Waals surface area contributed by atoms with Crippen molar-refractivity contribution in [3.05, 3.63) is 50.4 Å². The van der Waals surface area contributed by atoms with Gasteiger partial charge in [-0.15, -0.1) is 11.3 Å². The first-order chi connectivity index (χ1) is 9.69. The van der Waals surface area contributed by atoms with Crippen molar-refractivity contribution in [3.63, 3.8) is 0 Å². The van der Waals surface area contributed by atoms with E-state index in [9.17, 15) is 5.11 Å². The molecule has 0 atom stereocenters. The maximum absolute atomic E-state index is 9.27. The van der Waals surface area contributed by atoms with Crippen molar-refractivity contribution in [2.75, 3.05) is 6.61 Å². The molecule has 0 saturated carbocycles.